The molecular weight excluding hydrogens is 281 g/mol. The quantitative estimate of drug-likeness (QED) is 0.567. The summed E-state index contributed by atoms with van der Waals surface area (Å²) in [6, 6.07) is 1.09. The van der Waals surface area contributed by atoms with Gasteiger partial charge in [0, 0.05) is 12.5 Å². The third-order valence-electron chi connectivity index (χ3n) is 1.78. The Balaban J connectivity index is 5.37. The Morgan fingerprint density at radius 3 is 1.61 bits per heavy atom. The van der Waals surface area contributed by atoms with Crippen molar-refractivity contribution in [2.45, 2.75) is 30.4 Å². The molecule has 0 saturated carbocycles. The van der Waals surface area contributed by atoms with E-state index in [0.29, 0.717) is 0 Å². The second-order valence-corrected chi connectivity index (χ2v) is 3.09. The van der Waals surface area contributed by atoms with Crippen LogP contribution in [0, 0.1) is 11.3 Å². The number of nitrogens with zero attached hydrogens (tertiary/aromatic N) is 1. The molecule has 0 atom stereocenters. The van der Waals surface area contributed by atoms with Crippen LogP contribution in [0.5, 0.6) is 0 Å². The lowest BCUT2D eigenvalue weighted by Gasteiger charge is -2.33. The van der Waals surface area contributed by atoms with E-state index >= 15 is 0 Å². The normalized spacial score (nSPS) is 14.9. The maximum Gasteiger partial charge on any atom is 0.460 e. The van der Waals surface area contributed by atoms with Crippen LogP contribution in [0.15, 0.2) is 12.2 Å². The number of hydrogen-bond acceptors (Lipinski definition) is 1. The van der Waals surface area contributed by atoms with Gasteiger partial charge in [-0.05, 0) is 0 Å². The lowest BCUT2D eigenvalue weighted by Crippen LogP contribution is -2.60. The van der Waals surface area contributed by atoms with Gasteiger partial charge >= 0.3 is 23.9 Å². The zero-order chi connectivity index (χ0) is 14.8. The molecule has 0 aliphatic carbocycles. The van der Waals surface area contributed by atoms with Gasteiger partial charge in [-0.3, -0.25) is 0 Å². The molecule has 1 nitrogen and oxygen atoms in total. The Kier molecular flexibility index (Phi) is 4.33. The molecular formula is C8H4F9N. The molecule has 0 saturated heterocycles. The second kappa shape index (κ2) is 4.70. The molecule has 0 spiro atoms. The summed E-state index contributed by atoms with van der Waals surface area (Å²) in [5.41, 5.74) is 0. The van der Waals surface area contributed by atoms with Crippen LogP contribution in [0.25, 0.3) is 0 Å². The van der Waals surface area contributed by atoms with Crippen molar-refractivity contribution in [2.24, 2.45) is 0 Å². The maximum atomic E-state index is 12.7. The van der Waals surface area contributed by atoms with Gasteiger partial charge in [0.15, 0.2) is 0 Å². The van der Waals surface area contributed by atoms with Crippen molar-refractivity contribution in [3.63, 3.8) is 0 Å². The van der Waals surface area contributed by atoms with Crippen molar-refractivity contribution in [3.8, 4) is 6.07 Å². The van der Waals surface area contributed by atoms with Crippen LogP contribution >= 0.6 is 0 Å². The molecule has 0 fully saturated rings. The summed E-state index contributed by atoms with van der Waals surface area (Å²) in [4.78, 5) is 0. The fraction of sp³-hybridized carbons (Fsp3) is 0.625. The molecule has 0 heterocycles. The number of rotatable bonds is 4. The predicted octanol–water partition coefficient (Wildman–Crippen LogP) is 3.92. The largest absolute Gasteiger partial charge is 0.460 e. The third kappa shape index (κ3) is 2.70. The highest BCUT2D eigenvalue weighted by molar-refractivity contribution is 5.07. The fourth-order valence-corrected chi connectivity index (χ4v) is 0.796. The average Bonchev–Trinajstić information content (AvgIpc) is 2.15. The summed E-state index contributed by atoms with van der Waals surface area (Å²) < 4.78 is 110. The van der Waals surface area contributed by atoms with Crippen molar-refractivity contribution in [2.75, 3.05) is 0 Å². The van der Waals surface area contributed by atoms with E-state index in [0.717, 1.165) is 6.07 Å². The Bertz CT molecular complexity index is 360. The number of hydrogen-bond donors (Lipinski definition) is 0. The molecule has 18 heavy (non-hydrogen) atoms. The highest BCUT2D eigenvalue weighted by atomic mass is 19.4. The summed E-state index contributed by atoms with van der Waals surface area (Å²) in [7, 11) is 0. The third-order valence-corrected chi connectivity index (χ3v) is 1.78. The van der Waals surface area contributed by atoms with E-state index in [2.05, 4.69) is 0 Å². The van der Waals surface area contributed by atoms with Crippen LogP contribution in [0.3, 0.4) is 0 Å². The molecule has 10 heteroatoms. The van der Waals surface area contributed by atoms with Crippen LogP contribution in [0.4, 0.5) is 39.5 Å². The smallest absolute Gasteiger partial charge is 0.199 e. The standard InChI is InChI=1S/C8H4F9N/c9-5(10,3-1-2-4-18)6(11,12)7(13,14)8(15,16)17/h1-2H,3H2/b2-1+. The zero-order valence-corrected chi connectivity index (χ0v) is 8.21. The molecule has 0 rings (SSSR count). The van der Waals surface area contributed by atoms with Gasteiger partial charge in [-0.2, -0.15) is 44.8 Å². The molecule has 104 valence electrons. The summed E-state index contributed by atoms with van der Waals surface area (Å²) in [5, 5.41) is 7.86. The van der Waals surface area contributed by atoms with Crippen LogP contribution in [0.1, 0.15) is 6.42 Å². The number of nitriles is 1. The Labute approximate surface area is 94.5 Å². The summed E-state index contributed by atoms with van der Waals surface area (Å²) in [6.07, 6.45) is -8.62. The molecule has 0 aromatic rings. The van der Waals surface area contributed by atoms with E-state index in [1.807, 2.05) is 0 Å². The molecule has 0 radical (unpaired) electrons. The second-order valence-electron chi connectivity index (χ2n) is 3.09. The minimum Gasteiger partial charge on any atom is -0.199 e. The van der Waals surface area contributed by atoms with Crippen LogP contribution < -0.4 is 0 Å². The lowest BCUT2D eigenvalue weighted by molar-refractivity contribution is -0.395. The average molecular weight is 285 g/mol. The molecule has 0 aliphatic rings. The fourth-order valence-electron chi connectivity index (χ4n) is 0.796. The summed E-state index contributed by atoms with van der Waals surface area (Å²) >= 11 is 0. The Morgan fingerprint density at radius 2 is 1.28 bits per heavy atom. The summed E-state index contributed by atoms with van der Waals surface area (Å²) in [5.74, 6) is -19.2. The first-order valence-electron chi connectivity index (χ1n) is 4.06. The van der Waals surface area contributed by atoms with E-state index in [9.17, 15) is 39.5 Å². The Hall–Kier alpha value is -1.40. The predicted molar refractivity (Wildman–Crippen MR) is 40.3 cm³/mol. The maximum absolute atomic E-state index is 12.7. The molecule has 0 aromatic heterocycles. The van der Waals surface area contributed by atoms with Crippen molar-refractivity contribution < 1.29 is 39.5 Å². The molecule has 0 N–H and O–H groups in total. The highest BCUT2D eigenvalue weighted by Gasteiger charge is 2.81. The first-order valence-corrected chi connectivity index (χ1v) is 4.06. The van der Waals surface area contributed by atoms with Crippen molar-refractivity contribution in [1.82, 2.24) is 0 Å². The van der Waals surface area contributed by atoms with Crippen LogP contribution in [0.2, 0.25) is 0 Å². The van der Waals surface area contributed by atoms with Gasteiger partial charge in [0.2, 0.25) is 0 Å². The minimum atomic E-state index is -6.88. The van der Waals surface area contributed by atoms with E-state index in [-0.39, 0.29) is 12.2 Å². The van der Waals surface area contributed by atoms with Gasteiger partial charge in [0.1, 0.15) is 0 Å². The topological polar surface area (TPSA) is 23.8 Å². The number of allylic oxidation sites excluding steroid dienone is 2. The van der Waals surface area contributed by atoms with Crippen molar-refractivity contribution in [1.29, 1.82) is 5.26 Å². The summed E-state index contributed by atoms with van der Waals surface area (Å²) in [6.45, 7) is 0. The van der Waals surface area contributed by atoms with Gasteiger partial charge in [-0.15, -0.1) is 0 Å². The molecule has 0 amide bonds. The van der Waals surface area contributed by atoms with Gasteiger partial charge in [0.05, 0.1) is 6.07 Å². The SMILES string of the molecule is N#C/C=C/CC(F)(F)C(F)(F)C(F)(F)C(F)(F)F. The minimum absolute atomic E-state index is 0.0698. The van der Waals surface area contributed by atoms with Crippen molar-refractivity contribution in [3.05, 3.63) is 12.2 Å². The van der Waals surface area contributed by atoms with E-state index in [4.69, 9.17) is 5.26 Å². The van der Waals surface area contributed by atoms with Gasteiger partial charge in [0.25, 0.3) is 0 Å². The zero-order valence-electron chi connectivity index (χ0n) is 8.21. The van der Waals surface area contributed by atoms with Gasteiger partial charge < -0.3 is 0 Å². The first kappa shape index (κ1) is 16.6. The Morgan fingerprint density at radius 1 is 0.833 bits per heavy atom. The molecule has 0 unspecified atom stereocenters. The molecule has 0 aliphatic heterocycles. The van der Waals surface area contributed by atoms with Gasteiger partial charge in [-0.1, -0.05) is 6.08 Å². The first-order chi connectivity index (χ1) is 7.81. The monoisotopic (exact) mass is 285 g/mol. The van der Waals surface area contributed by atoms with E-state index in [1.54, 1.807) is 0 Å². The van der Waals surface area contributed by atoms with Crippen LogP contribution in [-0.2, 0) is 0 Å². The van der Waals surface area contributed by atoms with E-state index in [1.165, 1.54) is 0 Å². The van der Waals surface area contributed by atoms with E-state index < -0.39 is 30.4 Å². The molecule has 0 bridgehead atoms. The van der Waals surface area contributed by atoms with Crippen LogP contribution in [-0.4, -0.2) is 23.9 Å². The number of halogens is 9. The van der Waals surface area contributed by atoms with Gasteiger partial charge in [-0.25, -0.2) is 0 Å². The lowest BCUT2D eigenvalue weighted by atomic mass is 10.0. The number of alkyl halides is 9. The highest BCUT2D eigenvalue weighted by Crippen LogP contribution is 2.54. The van der Waals surface area contributed by atoms with Crippen molar-refractivity contribution >= 4 is 0 Å². The molecule has 0 aromatic carbocycles.